The number of aromatic hydroxyl groups is 1. The van der Waals surface area contributed by atoms with Gasteiger partial charge in [0.25, 0.3) is 6.43 Å². The summed E-state index contributed by atoms with van der Waals surface area (Å²) in [7, 11) is 0. The van der Waals surface area contributed by atoms with E-state index in [2.05, 4.69) is 25.9 Å². The molecule has 0 saturated heterocycles. The maximum absolute atomic E-state index is 12.4. The highest BCUT2D eigenvalue weighted by Crippen LogP contribution is 2.33. The molecule has 0 saturated carbocycles. The zero-order chi connectivity index (χ0) is 11.0. The number of hydrogen-bond acceptors (Lipinski definition) is 2. The van der Waals surface area contributed by atoms with Crippen molar-refractivity contribution in [3.8, 4) is 5.75 Å². The summed E-state index contributed by atoms with van der Waals surface area (Å²) in [4.78, 5) is 6.88. The van der Waals surface area contributed by atoms with Gasteiger partial charge in [-0.2, -0.15) is 0 Å². The number of imidazole rings is 1. The van der Waals surface area contributed by atoms with E-state index in [0.29, 0.717) is 16.7 Å². The average molecular weight is 277 g/mol. The lowest BCUT2D eigenvalue weighted by atomic mass is 10.2. The van der Waals surface area contributed by atoms with Crippen LogP contribution in [0.4, 0.5) is 8.78 Å². The molecule has 6 heteroatoms. The summed E-state index contributed by atoms with van der Waals surface area (Å²) in [5, 5.41) is 10.0. The molecule has 0 atom stereocenters. The summed E-state index contributed by atoms with van der Waals surface area (Å²) in [6.45, 7) is 0. The number of fused-ring (bicyclic) bond motifs is 1. The molecule has 2 rings (SSSR count). The lowest BCUT2D eigenvalue weighted by Crippen LogP contribution is -1.85. The highest BCUT2D eigenvalue weighted by Gasteiger charge is 2.17. The van der Waals surface area contributed by atoms with Crippen molar-refractivity contribution in [2.75, 3.05) is 0 Å². The topological polar surface area (TPSA) is 48.9 Å². The van der Waals surface area contributed by atoms with Crippen molar-refractivity contribution in [1.82, 2.24) is 9.97 Å². The van der Waals surface area contributed by atoms with E-state index in [1.54, 1.807) is 0 Å². The average Bonchev–Trinajstić information content (AvgIpc) is 2.61. The van der Waals surface area contributed by atoms with Gasteiger partial charge in [-0.15, -0.1) is 0 Å². The van der Waals surface area contributed by atoms with Crippen LogP contribution in [0.1, 0.15) is 17.8 Å². The standard InChI is InChI=1S/C9H7BrF2N2O/c10-3-6-13-5-2-1-4(9(11)12)8(15)7(5)14-6/h1-2,9,15H,3H2,(H,13,14). The Hall–Kier alpha value is -1.17. The molecule has 1 aromatic heterocycles. The van der Waals surface area contributed by atoms with Gasteiger partial charge in [-0.3, -0.25) is 0 Å². The Morgan fingerprint density at radius 3 is 2.80 bits per heavy atom. The molecule has 0 spiro atoms. The monoisotopic (exact) mass is 276 g/mol. The Morgan fingerprint density at radius 2 is 2.20 bits per heavy atom. The number of nitrogens with one attached hydrogen (secondary N) is 1. The Morgan fingerprint density at radius 1 is 1.47 bits per heavy atom. The van der Waals surface area contributed by atoms with Crippen LogP contribution in [0.25, 0.3) is 11.0 Å². The van der Waals surface area contributed by atoms with E-state index < -0.39 is 17.7 Å². The normalized spacial score (nSPS) is 11.5. The van der Waals surface area contributed by atoms with Gasteiger partial charge in [0, 0.05) is 0 Å². The zero-order valence-corrected chi connectivity index (χ0v) is 9.05. The van der Waals surface area contributed by atoms with Crippen LogP contribution < -0.4 is 0 Å². The fraction of sp³-hybridized carbons (Fsp3) is 0.222. The fourth-order valence-electron chi connectivity index (χ4n) is 1.37. The Bertz CT molecular complexity index is 498. The third-order valence-corrected chi connectivity index (χ3v) is 2.60. The number of nitrogens with zero attached hydrogens (tertiary/aromatic N) is 1. The quantitative estimate of drug-likeness (QED) is 0.828. The third-order valence-electron chi connectivity index (χ3n) is 2.07. The van der Waals surface area contributed by atoms with Crippen molar-refractivity contribution in [3.05, 3.63) is 23.5 Å². The summed E-state index contributed by atoms with van der Waals surface area (Å²) in [5.74, 6) is 0.137. The van der Waals surface area contributed by atoms with Crippen molar-refractivity contribution in [1.29, 1.82) is 0 Å². The van der Waals surface area contributed by atoms with Gasteiger partial charge in [0.05, 0.1) is 16.4 Å². The number of hydrogen-bond donors (Lipinski definition) is 2. The number of aromatic nitrogens is 2. The van der Waals surface area contributed by atoms with Gasteiger partial charge in [-0.25, -0.2) is 13.8 Å². The van der Waals surface area contributed by atoms with Crippen LogP contribution in [-0.4, -0.2) is 15.1 Å². The molecule has 2 N–H and O–H groups in total. The maximum atomic E-state index is 12.4. The number of phenols is 1. The van der Waals surface area contributed by atoms with Gasteiger partial charge in [0.15, 0.2) is 5.75 Å². The maximum Gasteiger partial charge on any atom is 0.267 e. The first-order valence-electron chi connectivity index (χ1n) is 4.18. The van der Waals surface area contributed by atoms with Crippen molar-refractivity contribution < 1.29 is 13.9 Å². The highest BCUT2D eigenvalue weighted by atomic mass is 79.9. The second-order valence-corrected chi connectivity index (χ2v) is 3.58. The predicted molar refractivity (Wildman–Crippen MR) is 55.3 cm³/mol. The molecule has 0 amide bonds. The third kappa shape index (κ3) is 1.69. The van der Waals surface area contributed by atoms with Gasteiger partial charge in [-0.05, 0) is 12.1 Å². The molecule has 15 heavy (non-hydrogen) atoms. The van der Waals surface area contributed by atoms with Crippen LogP contribution in [0.15, 0.2) is 12.1 Å². The Balaban J connectivity index is 2.67. The number of phenolic OH excluding ortho intramolecular Hbond substituents is 1. The minimum absolute atomic E-state index is 0.183. The lowest BCUT2D eigenvalue weighted by Gasteiger charge is -2.02. The van der Waals surface area contributed by atoms with Crippen LogP contribution in [0.5, 0.6) is 5.75 Å². The first kappa shape index (κ1) is 10.4. The summed E-state index contributed by atoms with van der Waals surface area (Å²) >= 11 is 3.18. The van der Waals surface area contributed by atoms with Gasteiger partial charge < -0.3 is 10.1 Å². The molecule has 0 aliphatic carbocycles. The van der Waals surface area contributed by atoms with Crippen LogP contribution in [0.2, 0.25) is 0 Å². The molecule has 0 aliphatic heterocycles. The highest BCUT2D eigenvalue weighted by molar-refractivity contribution is 9.08. The van der Waals surface area contributed by atoms with Crippen molar-refractivity contribution in [3.63, 3.8) is 0 Å². The zero-order valence-electron chi connectivity index (χ0n) is 7.47. The number of benzene rings is 1. The molecule has 0 radical (unpaired) electrons. The molecule has 2 aromatic rings. The van der Waals surface area contributed by atoms with Crippen molar-refractivity contribution in [2.45, 2.75) is 11.8 Å². The SMILES string of the molecule is Oc1c(C(F)F)ccc2[nH]c(CBr)nc12. The molecular weight excluding hydrogens is 270 g/mol. The summed E-state index contributed by atoms with van der Waals surface area (Å²) in [6.07, 6.45) is -2.70. The summed E-state index contributed by atoms with van der Waals surface area (Å²) in [6, 6.07) is 2.67. The van der Waals surface area contributed by atoms with Gasteiger partial charge in [0.2, 0.25) is 0 Å². The molecular formula is C9H7BrF2N2O. The second-order valence-electron chi connectivity index (χ2n) is 3.02. The van der Waals surface area contributed by atoms with E-state index in [1.165, 1.54) is 12.1 Å². The predicted octanol–water partition coefficient (Wildman–Crippen LogP) is 3.10. The molecule has 0 fully saturated rings. The fourth-order valence-corrected chi connectivity index (χ4v) is 1.63. The molecule has 1 heterocycles. The van der Waals surface area contributed by atoms with Crippen molar-refractivity contribution in [2.24, 2.45) is 0 Å². The van der Waals surface area contributed by atoms with E-state index in [-0.39, 0.29) is 5.52 Å². The molecule has 0 unspecified atom stereocenters. The molecule has 0 bridgehead atoms. The number of rotatable bonds is 2. The van der Waals surface area contributed by atoms with Crippen LogP contribution >= 0.6 is 15.9 Å². The van der Waals surface area contributed by atoms with E-state index in [4.69, 9.17) is 0 Å². The largest absolute Gasteiger partial charge is 0.505 e. The first-order chi connectivity index (χ1) is 7.13. The number of H-pyrrole nitrogens is 1. The first-order valence-corrected chi connectivity index (χ1v) is 5.30. The van der Waals surface area contributed by atoms with E-state index in [1.807, 2.05) is 0 Å². The number of halogens is 3. The van der Waals surface area contributed by atoms with Gasteiger partial charge in [0.1, 0.15) is 11.3 Å². The summed E-state index contributed by atoms with van der Waals surface area (Å²) in [5.41, 5.74) is 0.337. The minimum Gasteiger partial charge on any atom is -0.505 e. The van der Waals surface area contributed by atoms with E-state index in [9.17, 15) is 13.9 Å². The van der Waals surface area contributed by atoms with Crippen LogP contribution in [0.3, 0.4) is 0 Å². The summed E-state index contributed by atoms with van der Waals surface area (Å²) < 4.78 is 24.9. The molecule has 3 nitrogen and oxygen atoms in total. The van der Waals surface area contributed by atoms with Crippen LogP contribution in [0, 0.1) is 0 Å². The lowest BCUT2D eigenvalue weighted by molar-refractivity contribution is 0.148. The smallest absolute Gasteiger partial charge is 0.267 e. The van der Waals surface area contributed by atoms with E-state index >= 15 is 0 Å². The Kier molecular flexibility index (Phi) is 2.60. The molecule has 1 aromatic carbocycles. The number of alkyl halides is 3. The second kappa shape index (κ2) is 3.77. The molecule has 0 aliphatic rings. The van der Waals surface area contributed by atoms with Crippen LogP contribution in [-0.2, 0) is 5.33 Å². The molecule has 80 valence electrons. The number of aromatic amines is 1. The van der Waals surface area contributed by atoms with Gasteiger partial charge >= 0.3 is 0 Å². The minimum atomic E-state index is -2.70. The van der Waals surface area contributed by atoms with Crippen molar-refractivity contribution >= 4 is 27.0 Å². The van der Waals surface area contributed by atoms with Gasteiger partial charge in [-0.1, -0.05) is 15.9 Å². The van der Waals surface area contributed by atoms with E-state index in [0.717, 1.165) is 0 Å². The Labute approximate surface area is 92.3 Å².